The monoisotopic (exact) mass is 599 g/mol. The van der Waals surface area contributed by atoms with Crippen molar-refractivity contribution in [3.63, 3.8) is 0 Å². The van der Waals surface area contributed by atoms with E-state index in [1.54, 1.807) is 55.6 Å². The Labute approximate surface area is 248 Å². The molecule has 10 heteroatoms. The second kappa shape index (κ2) is 14.4. The molecule has 1 atom stereocenters. The van der Waals surface area contributed by atoms with Gasteiger partial charge in [0.25, 0.3) is 10.0 Å². The zero-order valence-electron chi connectivity index (χ0n) is 24.1. The standard InChI is InChI=1S/C31H38ClN3O5S/c1-6-29(31(37)33-19-22(2)3)34(20-24-9-15-27(40-5)16-10-24)30(36)21-35(26-13-11-25(32)12-14-26)41(38,39)28-17-7-23(4)8-18-28/h7-18,22,29H,6,19-21H2,1-5H3,(H,33,37)/t29-/m0/s1. The van der Waals surface area contributed by atoms with Crippen molar-refractivity contribution in [2.24, 2.45) is 5.92 Å². The van der Waals surface area contributed by atoms with Gasteiger partial charge < -0.3 is 15.0 Å². The number of carbonyl (C=O) groups is 2. The molecule has 220 valence electrons. The SMILES string of the molecule is CC[C@@H](C(=O)NCC(C)C)N(Cc1ccc(OC)cc1)C(=O)CN(c1ccc(Cl)cc1)S(=O)(=O)c1ccc(C)cc1. The minimum Gasteiger partial charge on any atom is -0.497 e. The molecule has 0 saturated carbocycles. The number of nitrogens with zero attached hydrogens (tertiary/aromatic N) is 2. The number of anilines is 1. The van der Waals surface area contributed by atoms with E-state index in [-0.39, 0.29) is 29.0 Å². The van der Waals surface area contributed by atoms with Crippen LogP contribution >= 0.6 is 11.6 Å². The second-order valence-electron chi connectivity index (χ2n) is 10.2. The van der Waals surface area contributed by atoms with Crippen LogP contribution in [0.25, 0.3) is 0 Å². The molecular weight excluding hydrogens is 562 g/mol. The van der Waals surface area contributed by atoms with Gasteiger partial charge in [0.2, 0.25) is 11.8 Å². The summed E-state index contributed by atoms with van der Waals surface area (Å²) < 4.78 is 34.1. The highest BCUT2D eigenvalue weighted by molar-refractivity contribution is 7.92. The highest BCUT2D eigenvalue weighted by Gasteiger charge is 2.33. The molecule has 0 spiro atoms. The zero-order chi connectivity index (χ0) is 30.2. The molecule has 0 aromatic heterocycles. The van der Waals surface area contributed by atoms with Gasteiger partial charge in [0.15, 0.2) is 0 Å². The third kappa shape index (κ3) is 8.47. The van der Waals surface area contributed by atoms with E-state index >= 15 is 0 Å². The number of benzene rings is 3. The maximum absolute atomic E-state index is 14.1. The molecule has 0 bridgehead atoms. The van der Waals surface area contributed by atoms with Crippen molar-refractivity contribution in [1.82, 2.24) is 10.2 Å². The van der Waals surface area contributed by atoms with Crippen molar-refractivity contribution >= 4 is 39.1 Å². The molecular formula is C31H38ClN3O5S. The van der Waals surface area contributed by atoms with Gasteiger partial charge >= 0.3 is 0 Å². The van der Waals surface area contributed by atoms with Crippen LogP contribution in [0.15, 0.2) is 77.7 Å². The first kappa shape index (κ1) is 32.0. The first-order valence-electron chi connectivity index (χ1n) is 13.5. The largest absolute Gasteiger partial charge is 0.497 e. The molecule has 0 heterocycles. The fourth-order valence-corrected chi connectivity index (χ4v) is 5.78. The molecule has 3 aromatic rings. The van der Waals surface area contributed by atoms with Crippen LogP contribution in [0.1, 0.15) is 38.3 Å². The average molecular weight is 600 g/mol. The predicted octanol–water partition coefficient (Wildman–Crippen LogP) is 5.43. The first-order chi connectivity index (χ1) is 19.5. The summed E-state index contributed by atoms with van der Waals surface area (Å²) in [6.07, 6.45) is 0.345. The van der Waals surface area contributed by atoms with Gasteiger partial charge in [-0.1, -0.05) is 62.2 Å². The third-order valence-electron chi connectivity index (χ3n) is 6.58. The Morgan fingerprint density at radius 1 is 0.951 bits per heavy atom. The van der Waals surface area contributed by atoms with Gasteiger partial charge in [-0.15, -0.1) is 0 Å². The fraction of sp³-hybridized carbons (Fsp3) is 0.355. The topological polar surface area (TPSA) is 96.0 Å². The highest BCUT2D eigenvalue weighted by atomic mass is 35.5. The Bertz CT molecular complexity index is 1410. The molecule has 0 aliphatic heterocycles. The Balaban J connectivity index is 2.03. The number of methoxy groups -OCH3 is 1. The average Bonchev–Trinajstić information content (AvgIpc) is 2.95. The fourth-order valence-electron chi connectivity index (χ4n) is 4.24. The molecule has 0 aliphatic carbocycles. The number of rotatable bonds is 13. The quantitative estimate of drug-likeness (QED) is 0.283. The molecule has 0 unspecified atom stereocenters. The molecule has 1 N–H and O–H groups in total. The number of hydrogen-bond donors (Lipinski definition) is 1. The van der Waals surface area contributed by atoms with Gasteiger partial charge in [-0.3, -0.25) is 13.9 Å². The molecule has 41 heavy (non-hydrogen) atoms. The van der Waals surface area contributed by atoms with Crippen molar-refractivity contribution in [2.45, 2.75) is 51.6 Å². The van der Waals surface area contributed by atoms with E-state index in [0.717, 1.165) is 15.4 Å². The normalized spacial score (nSPS) is 12.1. The van der Waals surface area contributed by atoms with Gasteiger partial charge in [0.1, 0.15) is 18.3 Å². The van der Waals surface area contributed by atoms with Crippen molar-refractivity contribution in [3.05, 3.63) is 88.9 Å². The van der Waals surface area contributed by atoms with Crippen molar-refractivity contribution in [3.8, 4) is 5.75 Å². The lowest BCUT2D eigenvalue weighted by atomic mass is 10.1. The van der Waals surface area contributed by atoms with Crippen LogP contribution in [0.3, 0.4) is 0 Å². The van der Waals surface area contributed by atoms with E-state index in [9.17, 15) is 18.0 Å². The summed E-state index contributed by atoms with van der Waals surface area (Å²) >= 11 is 6.08. The van der Waals surface area contributed by atoms with Gasteiger partial charge in [-0.2, -0.15) is 0 Å². The summed E-state index contributed by atoms with van der Waals surface area (Å²) in [6.45, 7) is 7.72. The smallest absolute Gasteiger partial charge is 0.264 e. The van der Waals surface area contributed by atoms with Crippen molar-refractivity contribution in [2.75, 3.05) is 24.5 Å². The van der Waals surface area contributed by atoms with Crippen LogP contribution in [-0.2, 0) is 26.2 Å². The van der Waals surface area contributed by atoms with E-state index in [1.165, 1.54) is 17.0 Å². The minimum absolute atomic E-state index is 0.0503. The third-order valence-corrected chi connectivity index (χ3v) is 8.62. The number of amides is 2. The number of carbonyl (C=O) groups excluding carboxylic acids is 2. The molecule has 0 fully saturated rings. The van der Waals surface area contributed by atoms with Crippen LogP contribution in [0.2, 0.25) is 5.02 Å². The lowest BCUT2D eigenvalue weighted by Gasteiger charge is -2.33. The summed E-state index contributed by atoms with van der Waals surface area (Å²) in [6, 6.07) is 19.1. The Morgan fingerprint density at radius 2 is 1.56 bits per heavy atom. The number of nitrogens with one attached hydrogen (secondary N) is 1. The van der Waals surface area contributed by atoms with Gasteiger partial charge in [-0.05, 0) is 73.4 Å². The summed E-state index contributed by atoms with van der Waals surface area (Å²) in [7, 11) is -2.58. The van der Waals surface area contributed by atoms with Crippen molar-refractivity contribution < 1.29 is 22.7 Å². The maximum Gasteiger partial charge on any atom is 0.264 e. The molecule has 3 aromatic carbocycles. The molecule has 2 amide bonds. The van der Waals surface area contributed by atoms with E-state index in [1.807, 2.05) is 39.8 Å². The lowest BCUT2D eigenvalue weighted by molar-refractivity contribution is -0.140. The molecule has 0 aliphatic rings. The Morgan fingerprint density at radius 3 is 2.10 bits per heavy atom. The van der Waals surface area contributed by atoms with Crippen LogP contribution in [0.4, 0.5) is 5.69 Å². The Hall–Kier alpha value is -3.56. The zero-order valence-corrected chi connectivity index (χ0v) is 25.7. The number of ether oxygens (including phenoxy) is 1. The van der Waals surface area contributed by atoms with Gasteiger partial charge in [0, 0.05) is 18.1 Å². The van der Waals surface area contributed by atoms with Crippen LogP contribution in [0, 0.1) is 12.8 Å². The van der Waals surface area contributed by atoms with Crippen LogP contribution in [0.5, 0.6) is 5.75 Å². The molecule has 0 radical (unpaired) electrons. The first-order valence-corrected chi connectivity index (χ1v) is 15.3. The van der Waals surface area contributed by atoms with E-state index < -0.39 is 28.5 Å². The summed E-state index contributed by atoms with van der Waals surface area (Å²) in [4.78, 5) is 28.9. The molecule has 3 rings (SSSR count). The number of sulfonamides is 1. The summed E-state index contributed by atoms with van der Waals surface area (Å²) in [5.74, 6) is 0.0780. The van der Waals surface area contributed by atoms with Crippen LogP contribution < -0.4 is 14.4 Å². The molecule has 8 nitrogen and oxygen atoms in total. The van der Waals surface area contributed by atoms with E-state index in [2.05, 4.69) is 5.32 Å². The number of aryl methyl sites for hydroxylation is 1. The number of halogens is 1. The second-order valence-corrected chi connectivity index (χ2v) is 12.5. The molecule has 0 saturated heterocycles. The summed E-state index contributed by atoms with van der Waals surface area (Å²) in [5, 5.41) is 3.36. The van der Waals surface area contributed by atoms with E-state index in [0.29, 0.717) is 23.7 Å². The minimum atomic E-state index is -4.14. The van der Waals surface area contributed by atoms with Crippen LogP contribution in [-0.4, -0.2) is 51.4 Å². The highest BCUT2D eigenvalue weighted by Crippen LogP contribution is 2.26. The van der Waals surface area contributed by atoms with Crippen molar-refractivity contribution in [1.29, 1.82) is 0 Å². The lowest BCUT2D eigenvalue weighted by Crippen LogP contribution is -2.52. The predicted molar refractivity (Wildman–Crippen MR) is 163 cm³/mol. The Kier molecular flexibility index (Phi) is 11.2. The maximum atomic E-state index is 14.1. The summed E-state index contributed by atoms with van der Waals surface area (Å²) in [5.41, 5.74) is 1.96. The van der Waals surface area contributed by atoms with Gasteiger partial charge in [0.05, 0.1) is 17.7 Å². The van der Waals surface area contributed by atoms with E-state index in [4.69, 9.17) is 16.3 Å². The van der Waals surface area contributed by atoms with Gasteiger partial charge in [-0.25, -0.2) is 8.42 Å². The number of hydrogen-bond acceptors (Lipinski definition) is 5.